The fourth-order valence-electron chi connectivity index (χ4n) is 2.60. The Kier molecular flexibility index (Phi) is 4.68. The molecule has 0 aliphatic carbocycles. The number of amides is 1. The minimum Gasteiger partial charge on any atom is -0.340 e. The van der Waals surface area contributed by atoms with E-state index in [4.69, 9.17) is 0 Å². The smallest absolute Gasteiger partial charge is 0.270 e. The quantitative estimate of drug-likeness (QED) is 0.926. The number of nitrogens with one attached hydrogen (secondary N) is 1. The Morgan fingerprint density at radius 2 is 2.26 bits per heavy atom. The lowest BCUT2D eigenvalue weighted by molar-refractivity contribution is 0.0685. The van der Waals surface area contributed by atoms with Crippen LogP contribution in [0.1, 0.15) is 43.2 Å². The van der Waals surface area contributed by atoms with Crippen LogP contribution < -0.4 is 5.32 Å². The van der Waals surface area contributed by atoms with Crippen molar-refractivity contribution >= 4 is 21.8 Å². The van der Waals surface area contributed by atoms with Crippen LogP contribution in [0.5, 0.6) is 0 Å². The highest BCUT2D eigenvalue weighted by atomic mass is 79.9. The summed E-state index contributed by atoms with van der Waals surface area (Å²) in [4.78, 5) is 14.6. The molecule has 0 saturated carbocycles. The predicted octanol–water partition coefficient (Wildman–Crippen LogP) is 2.66. The van der Waals surface area contributed by atoms with Crippen LogP contribution in [0.3, 0.4) is 0 Å². The molecule has 5 heteroatoms. The maximum Gasteiger partial charge on any atom is 0.270 e. The summed E-state index contributed by atoms with van der Waals surface area (Å²) >= 11 is 3.47. The average molecular weight is 328 g/mol. The normalized spacial score (nSPS) is 20.1. The van der Waals surface area contributed by atoms with E-state index in [1.807, 2.05) is 28.8 Å². The third kappa shape index (κ3) is 3.20. The number of hydrogen-bond donors (Lipinski definition) is 1. The van der Waals surface area contributed by atoms with Gasteiger partial charge in [0, 0.05) is 35.8 Å². The Balaban J connectivity index is 2.19. The van der Waals surface area contributed by atoms with Gasteiger partial charge in [-0.2, -0.15) is 0 Å². The second kappa shape index (κ2) is 6.09. The van der Waals surface area contributed by atoms with Gasteiger partial charge in [0.15, 0.2) is 0 Å². The number of hydrogen-bond acceptors (Lipinski definition) is 2. The van der Waals surface area contributed by atoms with E-state index in [-0.39, 0.29) is 11.9 Å². The number of carbonyl (C=O) groups is 1. The molecule has 0 aromatic carbocycles. The first-order valence-electron chi connectivity index (χ1n) is 6.87. The highest BCUT2D eigenvalue weighted by Crippen LogP contribution is 2.22. The molecule has 2 heterocycles. The molecule has 1 aliphatic heterocycles. The Morgan fingerprint density at radius 3 is 2.89 bits per heavy atom. The van der Waals surface area contributed by atoms with E-state index >= 15 is 0 Å². The zero-order valence-electron chi connectivity index (χ0n) is 11.8. The number of halogens is 1. The number of piperidine rings is 1. The van der Waals surface area contributed by atoms with Gasteiger partial charge in [-0.1, -0.05) is 0 Å². The first kappa shape index (κ1) is 14.6. The van der Waals surface area contributed by atoms with E-state index < -0.39 is 0 Å². The van der Waals surface area contributed by atoms with Gasteiger partial charge in [0.05, 0.1) is 0 Å². The third-order valence-corrected chi connectivity index (χ3v) is 4.14. The molecule has 19 heavy (non-hydrogen) atoms. The first-order valence-corrected chi connectivity index (χ1v) is 7.66. The van der Waals surface area contributed by atoms with E-state index in [1.54, 1.807) is 0 Å². The van der Waals surface area contributed by atoms with Crippen molar-refractivity contribution in [1.29, 1.82) is 0 Å². The lowest BCUT2D eigenvalue weighted by Crippen LogP contribution is -2.47. The molecule has 4 nitrogen and oxygen atoms in total. The summed E-state index contributed by atoms with van der Waals surface area (Å²) in [6.07, 6.45) is 4.20. The van der Waals surface area contributed by atoms with E-state index in [1.165, 1.54) is 0 Å². The Morgan fingerprint density at radius 1 is 1.53 bits per heavy atom. The molecule has 1 aliphatic rings. The number of carbonyl (C=O) groups excluding carboxylic acids is 1. The van der Waals surface area contributed by atoms with Crippen LogP contribution in [0.15, 0.2) is 16.7 Å². The largest absolute Gasteiger partial charge is 0.340 e. The van der Waals surface area contributed by atoms with E-state index in [9.17, 15) is 4.79 Å². The fourth-order valence-corrected chi connectivity index (χ4v) is 3.04. The highest BCUT2D eigenvalue weighted by molar-refractivity contribution is 9.10. The lowest BCUT2D eigenvalue weighted by atomic mass is 10.1. The summed E-state index contributed by atoms with van der Waals surface area (Å²) in [6, 6.07) is 2.63. The van der Waals surface area contributed by atoms with Crippen LogP contribution in [-0.4, -0.2) is 41.6 Å². The molecule has 1 aromatic heterocycles. The summed E-state index contributed by atoms with van der Waals surface area (Å²) in [7, 11) is 1.96. The van der Waals surface area contributed by atoms with E-state index in [2.05, 4.69) is 35.1 Å². The van der Waals surface area contributed by atoms with Gasteiger partial charge in [-0.25, -0.2) is 0 Å². The molecule has 1 saturated heterocycles. The summed E-state index contributed by atoms with van der Waals surface area (Å²) < 4.78 is 3.00. The average Bonchev–Trinajstić information content (AvgIpc) is 2.80. The van der Waals surface area contributed by atoms with Gasteiger partial charge in [-0.3, -0.25) is 4.79 Å². The van der Waals surface area contributed by atoms with Crippen LogP contribution in [-0.2, 0) is 0 Å². The molecular weight excluding hydrogens is 306 g/mol. The second-order valence-corrected chi connectivity index (χ2v) is 6.34. The molecular formula is C14H22BrN3O. The maximum absolute atomic E-state index is 12.7. The van der Waals surface area contributed by atoms with Crippen molar-refractivity contribution in [3.05, 3.63) is 22.4 Å². The number of rotatable bonds is 3. The molecule has 1 N–H and O–H groups in total. The van der Waals surface area contributed by atoms with Crippen molar-refractivity contribution < 1.29 is 4.79 Å². The number of likely N-dealkylation sites (tertiary alicyclic amines) is 1. The van der Waals surface area contributed by atoms with Crippen LogP contribution >= 0.6 is 15.9 Å². The molecule has 1 amide bonds. The second-order valence-electron chi connectivity index (χ2n) is 5.42. The predicted molar refractivity (Wildman–Crippen MR) is 80.5 cm³/mol. The van der Waals surface area contributed by atoms with Gasteiger partial charge >= 0.3 is 0 Å². The number of likely N-dealkylation sites (N-methyl/N-ethyl adjacent to an activating group) is 1. The molecule has 1 unspecified atom stereocenters. The van der Waals surface area contributed by atoms with Crippen molar-refractivity contribution in [3.8, 4) is 0 Å². The van der Waals surface area contributed by atoms with Crippen LogP contribution in [0.25, 0.3) is 0 Å². The Labute approximate surface area is 123 Å². The summed E-state index contributed by atoms with van der Waals surface area (Å²) in [6.45, 7) is 5.85. The van der Waals surface area contributed by atoms with Gasteiger partial charge in [0.25, 0.3) is 5.91 Å². The molecule has 1 aromatic rings. The molecule has 0 radical (unpaired) electrons. The number of aromatic nitrogens is 1. The SMILES string of the molecule is CNC1CCCN(C(=O)c2cc(Br)cn2C(C)C)C1. The van der Waals surface area contributed by atoms with Crippen molar-refractivity contribution in [3.63, 3.8) is 0 Å². The minimum atomic E-state index is 0.138. The Bertz CT molecular complexity index is 456. The van der Waals surface area contributed by atoms with Crippen molar-refractivity contribution in [2.45, 2.75) is 38.8 Å². The fraction of sp³-hybridized carbons (Fsp3) is 0.643. The van der Waals surface area contributed by atoms with Gasteiger partial charge in [0.2, 0.25) is 0 Å². The van der Waals surface area contributed by atoms with Gasteiger partial charge in [-0.05, 0) is 55.7 Å². The van der Waals surface area contributed by atoms with Gasteiger partial charge in [0.1, 0.15) is 5.69 Å². The summed E-state index contributed by atoms with van der Waals surface area (Å²) in [5.41, 5.74) is 0.777. The van der Waals surface area contributed by atoms with Crippen molar-refractivity contribution in [1.82, 2.24) is 14.8 Å². The standard InChI is InChI=1S/C14H22BrN3O/c1-10(2)18-8-11(15)7-13(18)14(19)17-6-4-5-12(9-17)16-3/h7-8,10,12,16H,4-6,9H2,1-3H3. The lowest BCUT2D eigenvalue weighted by Gasteiger charge is -2.33. The van der Waals surface area contributed by atoms with Crippen LogP contribution in [0.2, 0.25) is 0 Å². The Hall–Kier alpha value is -0.810. The number of nitrogens with zero attached hydrogens (tertiary/aromatic N) is 2. The first-order chi connectivity index (χ1) is 9.02. The molecule has 0 bridgehead atoms. The zero-order chi connectivity index (χ0) is 14.0. The highest BCUT2D eigenvalue weighted by Gasteiger charge is 2.26. The van der Waals surface area contributed by atoms with Gasteiger partial charge in [-0.15, -0.1) is 0 Å². The van der Waals surface area contributed by atoms with Crippen molar-refractivity contribution in [2.24, 2.45) is 0 Å². The summed E-state index contributed by atoms with van der Waals surface area (Å²) in [5, 5.41) is 3.27. The topological polar surface area (TPSA) is 37.3 Å². The van der Waals surface area contributed by atoms with Crippen molar-refractivity contribution in [2.75, 3.05) is 20.1 Å². The maximum atomic E-state index is 12.7. The van der Waals surface area contributed by atoms with E-state index in [0.29, 0.717) is 6.04 Å². The monoisotopic (exact) mass is 327 g/mol. The molecule has 1 atom stereocenters. The molecule has 2 rings (SSSR count). The van der Waals surface area contributed by atoms with E-state index in [0.717, 1.165) is 36.1 Å². The molecule has 1 fully saturated rings. The summed E-state index contributed by atoms with van der Waals surface area (Å²) in [5.74, 6) is 0.138. The zero-order valence-corrected chi connectivity index (χ0v) is 13.4. The molecule has 0 spiro atoms. The van der Waals surface area contributed by atoms with Crippen LogP contribution in [0.4, 0.5) is 0 Å². The molecule has 106 valence electrons. The van der Waals surface area contributed by atoms with Gasteiger partial charge < -0.3 is 14.8 Å². The minimum absolute atomic E-state index is 0.138. The third-order valence-electron chi connectivity index (χ3n) is 3.71. The van der Waals surface area contributed by atoms with Crippen LogP contribution in [0, 0.1) is 0 Å².